The Kier molecular flexibility index (Phi) is 4.32. The van der Waals surface area contributed by atoms with Crippen molar-refractivity contribution in [2.24, 2.45) is 0 Å². The van der Waals surface area contributed by atoms with Crippen LogP contribution in [-0.2, 0) is 11.3 Å². The third kappa shape index (κ3) is 3.03. The average molecular weight is 241 g/mol. The van der Waals surface area contributed by atoms with E-state index in [9.17, 15) is 0 Å². The normalized spacial score (nSPS) is 19.8. The zero-order chi connectivity index (χ0) is 11.3. The second-order valence-corrected chi connectivity index (χ2v) is 5.46. The number of hydrogen-bond donors (Lipinski definition) is 1. The molecular formula is C12H19NO2S. The Morgan fingerprint density at radius 3 is 2.88 bits per heavy atom. The van der Waals surface area contributed by atoms with Crippen molar-refractivity contribution in [3.05, 3.63) is 24.2 Å². The van der Waals surface area contributed by atoms with Crippen molar-refractivity contribution in [1.82, 2.24) is 5.32 Å². The largest absolute Gasteiger partial charge is 0.468 e. The average Bonchev–Trinajstić information content (AvgIpc) is 2.83. The van der Waals surface area contributed by atoms with Crippen molar-refractivity contribution in [3.63, 3.8) is 0 Å². The van der Waals surface area contributed by atoms with Crippen molar-refractivity contribution in [1.29, 1.82) is 0 Å². The van der Waals surface area contributed by atoms with E-state index >= 15 is 0 Å². The van der Waals surface area contributed by atoms with Gasteiger partial charge in [0, 0.05) is 24.5 Å². The Labute approximate surface area is 101 Å². The van der Waals surface area contributed by atoms with Crippen LogP contribution in [0.15, 0.2) is 22.8 Å². The molecule has 90 valence electrons. The van der Waals surface area contributed by atoms with Crippen molar-refractivity contribution < 1.29 is 9.15 Å². The zero-order valence-electron chi connectivity index (χ0n) is 9.70. The summed E-state index contributed by atoms with van der Waals surface area (Å²) in [7, 11) is 0. The van der Waals surface area contributed by atoms with E-state index in [0.717, 1.165) is 44.9 Å². The molecule has 2 rings (SSSR count). The highest BCUT2D eigenvalue weighted by molar-refractivity contribution is 8.00. The molecule has 0 radical (unpaired) electrons. The molecule has 1 aromatic heterocycles. The fourth-order valence-corrected chi connectivity index (χ4v) is 2.84. The molecule has 1 fully saturated rings. The minimum atomic E-state index is 0.352. The summed E-state index contributed by atoms with van der Waals surface area (Å²) in [4.78, 5) is 0. The number of thioether (sulfide) groups is 1. The maximum Gasteiger partial charge on any atom is 0.117 e. The minimum Gasteiger partial charge on any atom is -0.468 e. The summed E-state index contributed by atoms with van der Waals surface area (Å²) < 4.78 is 11.1. The predicted octanol–water partition coefficient (Wildman–Crippen LogP) is 2.28. The molecule has 0 spiro atoms. The Bertz CT molecular complexity index is 294. The van der Waals surface area contributed by atoms with Crippen LogP contribution in [0.1, 0.15) is 18.6 Å². The third-order valence-corrected chi connectivity index (χ3v) is 4.58. The standard InChI is InChI=1S/C12H19NO2S/c1-16-12(4-7-14-8-5-12)10-13-9-11-3-2-6-15-11/h2-3,6,13H,4-5,7-10H2,1H3. The Balaban J connectivity index is 1.78. The third-order valence-electron chi connectivity index (χ3n) is 3.16. The number of nitrogens with one attached hydrogen (secondary N) is 1. The van der Waals surface area contributed by atoms with Crippen LogP contribution in [0.2, 0.25) is 0 Å². The molecule has 3 nitrogen and oxygen atoms in total. The molecule has 0 bridgehead atoms. The monoisotopic (exact) mass is 241 g/mol. The number of furan rings is 1. The first kappa shape index (κ1) is 12.0. The number of ether oxygens (including phenoxy) is 1. The Morgan fingerprint density at radius 2 is 2.25 bits per heavy atom. The van der Waals surface area contributed by atoms with Crippen molar-refractivity contribution in [2.45, 2.75) is 24.1 Å². The number of rotatable bonds is 5. The maximum absolute atomic E-state index is 5.42. The van der Waals surface area contributed by atoms with Crippen LogP contribution in [-0.4, -0.2) is 30.8 Å². The highest BCUT2D eigenvalue weighted by Crippen LogP contribution is 2.32. The van der Waals surface area contributed by atoms with Crippen LogP contribution in [0.5, 0.6) is 0 Å². The van der Waals surface area contributed by atoms with Crippen LogP contribution in [0.3, 0.4) is 0 Å². The predicted molar refractivity (Wildman–Crippen MR) is 66.7 cm³/mol. The molecule has 1 aromatic rings. The first-order chi connectivity index (χ1) is 7.85. The Hall–Kier alpha value is -0.450. The smallest absolute Gasteiger partial charge is 0.117 e. The molecule has 4 heteroatoms. The van der Waals surface area contributed by atoms with E-state index < -0.39 is 0 Å². The van der Waals surface area contributed by atoms with E-state index in [4.69, 9.17) is 9.15 Å². The van der Waals surface area contributed by atoms with Crippen LogP contribution in [0.25, 0.3) is 0 Å². The first-order valence-corrected chi connectivity index (χ1v) is 6.93. The van der Waals surface area contributed by atoms with E-state index in [1.165, 1.54) is 0 Å². The van der Waals surface area contributed by atoms with Gasteiger partial charge in [0.25, 0.3) is 0 Å². The van der Waals surface area contributed by atoms with Gasteiger partial charge < -0.3 is 14.5 Å². The molecule has 1 N–H and O–H groups in total. The molecule has 1 saturated heterocycles. The summed E-state index contributed by atoms with van der Waals surface area (Å²) in [6.45, 7) is 3.63. The summed E-state index contributed by atoms with van der Waals surface area (Å²) in [6.07, 6.45) is 6.19. The van der Waals surface area contributed by atoms with Gasteiger partial charge in [-0.3, -0.25) is 0 Å². The lowest BCUT2D eigenvalue weighted by Crippen LogP contribution is -2.42. The molecule has 0 saturated carbocycles. The van der Waals surface area contributed by atoms with Gasteiger partial charge >= 0.3 is 0 Å². The van der Waals surface area contributed by atoms with Gasteiger partial charge in [-0.05, 0) is 31.2 Å². The molecule has 0 atom stereocenters. The molecule has 1 aliphatic rings. The van der Waals surface area contributed by atoms with Crippen LogP contribution in [0, 0.1) is 0 Å². The molecule has 0 unspecified atom stereocenters. The maximum atomic E-state index is 5.42. The second-order valence-electron chi connectivity index (χ2n) is 4.18. The van der Waals surface area contributed by atoms with Gasteiger partial charge in [-0.25, -0.2) is 0 Å². The lowest BCUT2D eigenvalue weighted by molar-refractivity contribution is 0.0771. The summed E-state index contributed by atoms with van der Waals surface area (Å²) >= 11 is 1.96. The quantitative estimate of drug-likeness (QED) is 0.857. The molecule has 2 heterocycles. The minimum absolute atomic E-state index is 0.352. The highest BCUT2D eigenvalue weighted by atomic mass is 32.2. The first-order valence-electron chi connectivity index (χ1n) is 5.71. The Morgan fingerprint density at radius 1 is 1.44 bits per heavy atom. The van der Waals surface area contributed by atoms with Gasteiger partial charge in [-0.15, -0.1) is 0 Å². The van der Waals surface area contributed by atoms with Gasteiger partial charge in [0.05, 0.1) is 12.8 Å². The van der Waals surface area contributed by atoms with Crippen LogP contribution < -0.4 is 5.32 Å². The van der Waals surface area contributed by atoms with Gasteiger partial charge in [0.2, 0.25) is 0 Å². The van der Waals surface area contributed by atoms with E-state index in [1.807, 2.05) is 23.9 Å². The summed E-state index contributed by atoms with van der Waals surface area (Å²) in [5.74, 6) is 1.00. The molecule has 16 heavy (non-hydrogen) atoms. The van der Waals surface area contributed by atoms with Crippen molar-refractivity contribution in [2.75, 3.05) is 26.0 Å². The van der Waals surface area contributed by atoms with Gasteiger partial charge in [-0.1, -0.05) is 0 Å². The molecule has 0 amide bonds. The summed E-state index contributed by atoms with van der Waals surface area (Å²) in [5.41, 5.74) is 0. The van der Waals surface area contributed by atoms with Crippen molar-refractivity contribution >= 4 is 11.8 Å². The van der Waals surface area contributed by atoms with Crippen molar-refractivity contribution in [3.8, 4) is 0 Å². The van der Waals surface area contributed by atoms with Crippen LogP contribution in [0.4, 0.5) is 0 Å². The summed E-state index contributed by atoms with van der Waals surface area (Å²) in [6, 6.07) is 3.93. The summed E-state index contributed by atoms with van der Waals surface area (Å²) in [5, 5.41) is 3.48. The molecule has 0 aliphatic carbocycles. The van der Waals surface area contributed by atoms with Gasteiger partial charge in [0.1, 0.15) is 5.76 Å². The highest BCUT2D eigenvalue weighted by Gasteiger charge is 2.31. The van der Waals surface area contributed by atoms with Gasteiger partial charge in [-0.2, -0.15) is 11.8 Å². The van der Waals surface area contributed by atoms with E-state index in [-0.39, 0.29) is 0 Å². The molecule has 0 aromatic carbocycles. The van der Waals surface area contributed by atoms with E-state index in [0.29, 0.717) is 4.75 Å². The molecular weight excluding hydrogens is 222 g/mol. The fraction of sp³-hybridized carbons (Fsp3) is 0.667. The number of hydrogen-bond acceptors (Lipinski definition) is 4. The van der Waals surface area contributed by atoms with E-state index in [2.05, 4.69) is 11.6 Å². The lowest BCUT2D eigenvalue weighted by Gasteiger charge is -2.35. The fourth-order valence-electron chi connectivity index (χ4n) is 2.02. The second kappa shape index (κ2) is 5.75. The topological polar surface area (TPSA) is 34.4 Å². The van der Waals surface area contributed by atoms with Gasteiger partial charge in [0.15, 0.2) is 0 Å². The van der Waals surface area contributed by atoms with E-state index in [1.54, 1.807) is 6.26 Å². The molecule has 1 aliphatic heterocycles. The zero-order valence-corrected chi connectivity index (χ0v) is 10.5. The van der Waals surface area contributed by atoms with Crippen LogP contribution >= 0.6 is 11.8 Å². The SMILES string of the molecule is CSC1(CNCc2ccco2)CCOCC1. The lowest BCUT2D eigenvalue weighted by atomic mass is 9.99.